The normalized spacial score (nSPS) is 15.3. The maximum Gasteiger partial charge on any atom is 0.265 e. The van der Waals surface area contributed by atoms with Crippen molar-refractivity contribution in [1.29, 1.82) is 0 Å². The maximum absolute atomic E-state index is 13.2. The first-order chi connectivity index (χ1) is 17.3. The molecule has 184 valence electrons. The lowest BCUT2D eigenvalue weighted by atomic mass is 10.1. The molecule has 1 fully saturated rings. The number of rotatable bonds is 5. The van der Waals surface area contributed by atoms with Crippen LogP contribution in [0.3, 0.4) is 0 Å². The van der Waals surface area contributed by atoms with Gasteiger partial charge in [0.05, 0.1) is 26.0 Å². The van der Waals surface area contributed by atoms with Crippen molar-refractivity contribution in [3.05, 3.63) is 80.5 Å². The number of halogens is 1. The molecule has 3 heterocycles. The lowest BCUT2D eigenvalue weighted by Crippen LogP contribution is -2.51. The highest BCUT2D eigenvalue weighted by atomic mass is 35.5. The summed E-state index contributed by atoms with van der Waals surface area (Å²) < 4.78 is 0.467. The molecule has 5 rings (SSSR count). The van der Waals surface area contributed by atoms with E-state index in [1.165, 1.54) is 11.6 Å². The van der Waals surface area contributed by atoms with Crippen LogP contribution in [0.25, 0.3) is 0 Å². The summed E-state index contributed by atoms with van der Waals surface area (Å²) in [4.78, 5) is 57.0. The van der Waals surface area contributed by atoms with E-state index >= 15 is 0 Å². The number of nitrogens with zero attached hydrogens (tertiary/aromatic N) is 3. The quantitative estimate of drug-likeness (QED) is 0.513. The Morgan fingerprint density at radius 2 is 1.72 bits per heavy atom. The number of hydrogen-bond donors (Lipinski definition) is 1. The van der Waals surface area contributed by atoms with E-state index in [1.54, 1.807) is 29.2 Å². The van der Waals surface area contributed by atoms with Gasteiger partial charge in [-0.05, 0) is 48.9 Å². The number of piperazine rings is 1. The predicted molar refractivity (Wildman–Crippen MR) is 139 cm³/mol. The lowest BCUT2D eigenvalue weighted by molar-refractivity contribution is -0.131. The van der Waals surface area contributed by atoms with Crippen molar-refractivity contribution < 1.29 is 19.2 Å². The van der Waals surface area contributed by atoms with Gasteiger partial charge < -0.3 is 15.1 Å². The minimum atomic E-state index is -0.596. The smallest absolute Gasteiger partial charge is 0.265 e. The fraction of sp³-hybridized carbons (Fsp3) is 0.231. The van der Waals surface area contributed by atoms with Crippen LogP contribution < -0.4 is 10.2 Å². The second-order valence-electron chi connectivity index (χ2n) is 8.69. The number of aryl methyl sites for hydroxylation is 1. The highest BCUT2D eigenvalue weighted by Crippen LogP contribution is 2.31. The number of carbonyl (C=O) groups excluding carboxylic acids is 4. The topological polar surface area (TPSA) is 90.0 Å². The number of nitrogens with one attached hydrogen (secondary N) is 1. The standard InChI is InChI=1S/C26H23ClN4O4S/c1-16-4-2-5-17(14-16)29-10-12-30(13-11-29)22(32)15-31-25(34)18-6-3-7-19(23(18)26(31)35)28-24(33)20-8-9-21(27)36-20/h2-9,14H,10-13,15H2,1H3,(H,28,33). The van der Waals surface area contributed by atoms with E-state index in [4.69, 9.17) is 11.6 Å². The number of hydrogen-bond acceptors (Lipinski definition) is 6. The van der Waals surface area contributed by atoms with Gasteiger partial charge in [0.25, 0.3) is 17.7 Å². The van der Waals surface area contributed by atoms with Crippen molar-refractivity contribution in [3.63, 3.8) is 0 Å². The number of fused-ring (bicyclic) bond motifs is 1. The zero-order chi connectivity index (χ0) is 25.4. The third-order valence-corrected chi connectivity index (χ3v) is 7.57. The Kier molecular flexibility index (Phi) is 6.51. The van der Waals surface area contributed by atoms with Gasteiger partial charge in [-0.1, -0.05) is 29.8 Å². The molecule has 2 aliphatic heterocycles. The molecule has 1 aromatic heterocycles. The molecular formula is C26H23ClN4O4S. The first-order valence-electron chi connectivity index (χ1n) is 11.5. The van der Waals surface area contributed by atoms with Gasteiger partial charge in [-0.3, -0.25) is 24.1 Å². The minimum absolute atomic E-state index is 0.0931. The fourth-order valence-corrected chi connectivity index (χ4v) is 5.41. The molecular weight excluding hydrogens is 500 g/mol. The van der Waals surface area contributed by atoms with Gasteiger partial charge in [-0.25, -0.2) is 0 Å². The van der Waals surface area contributed by atoms with Gasteiger partial charge in [0.15, 0.2) is 0 Å². The third-order valence-electron chi connectivity index (χ3n) is 6.34. The van der Waals surface area contributed by atoms with E-state index in [-0.39, 0.29) is 29.3 Å². The summed E-state index contributed by atoms with van der Waals surface area (Å²) in [5, 5.41) is 2.70. The Morgan fingerprint density at radius 3 is 2.42 bits per heavy atom. The average molecular weight is 523 g/mol. The molecule has 1 saturated heterocycles. The number of anilines is 2. The average Bonchev–Trinajstić information content (AvgIpc) is 3.42. The van der Waals surface area contributed by atoms with Gasteiger partial charge in [-0.15, -0.1) is 11.3 Å². The highest BCUT2D eigenvalue weighted by molar-refractivity contribution is 7.18. The molecule has 0 saturated carbocycles. The maximum atomic E-state index is 13.2. The second-order valence-corrected chi connectivity index (χ2v) is 10.4. The Hall–Kier alpha value is -3.69. The van der Waals surface area contributed by atoms with Gasteiger partial charge >= 0.3 is 0 Å². The molecule has 10 heteroatoms. The van der Waals surface area contributed by atoms with E-state index in [0.29, 0.717) is 35.4 Å². The fourth-order valence-electron chi connectivity index (χ4n) is 4.48. The SMILES string of the molecule is Cc1cccc(N2CCN(C(=O)CN3C(=O)c4cccc(NC(=O)c5ccc(Cl)s5)c4C3=O)CC2)c1. The van der Waals surface area contributed by atoms with E-state index in [0.717, 1.165) is 21.9 Å². The van der Waals surface area contributed by atoms with Gasteiger partial charge in [-0.2, -0.15) is 0 Å². The monoisotopic (exact) mass is 522 g/mol. The molecule has 4 amide bonds. The van der Waals surface area contributed by atoms with E-state index in [2.05, 4.69) is 16.3 Å². The summed E-state index contributed by atoms with van der Waals surface area (Å²) in [5.74, 6) is -1.85. The van der Waals surface area contributed by atoms with Crippen molar-refractivity contribution in [2.24, 2.45) is 0 Å². The van der Waals surface area contributed by atoms with Crippen LogP contribution >= 0.6 is 22.9 Å². The van der Waals surface area contributed by atoms with Crippen LogP contribution in [0.1, 0.15) is 36.0 Å². The number of benzene rings is 2. The first kappa shape index (κ1) is 24.0. The molecule has 0 radical (unpaired) electrons. The summed E-state index contributed by atoms with van der Waals surface area (Å²) in [6, 6.07) is 16.1. The molecule has 3 aromatic rings. The Balaban J connectivity index is 1.25. The molecule has 0 spiro atoms. The zero-order valence-electron chi connectivity index (χ0n) is 19.5. The van der Waals surface area contributed by atoms with Crippen molar-refractivity contribution in [2.45, 2.75) is 6.92 Å². The van der Waals surface area contributed by atoms with E-state index in [9.17, 15) is 19.2 Å². The molecule has 2 aromatic carbocycles. The van der Waals surface area contributed by atoms with Gasteiger partial charge in [0, 0.05) is 31.9 Å². The van der Waals surface area contributed by atoms with Crippen LogP contribution in [-0.4, -0.2) is 66.2 Å². The molecule has 0 bridgehead atoms. The number of amides is 4. The Labute approximate surface area is 217 Å². The van der Waals surface area contributed by atoms with Crippen LogP contribution in [0, 0.1) is 6.92 Å². The molecule has 0 aliphatic carbocycles. The highest BCUT2D eigenvalue weighted by Gasteiger charge is 2.39. The summed E-state index contributed by atoms with van der Waals surface area (Å²) in [5.41, 5.74) is 2.77. The molecule has 2 aliphatic rings. The molecule has 8 nitrogen and oxygen atoms in total. The second kappa shape index (κ2) is 9.75. The van der Waals surface area contributed by atoms with Crippen molar-refractivity contribution in [2.75, 3.05) is 42.9 Å². The van der Waals surface area contributed by atoms with Crippen molar-refractivity contribution >= 4 is 57.9 Å². The number of imide groups is 1. The summed E-state index contributed by atoms with van der Waals surface area (Å²) in [6.45, 7) is 4.03. The van der Waals surface area contributed by atoms with Crippen molar-refractivity contribution in [3.8, 4) is 0 Å². The first-order valence-corrected chi connectivity index (χ1v) is 12.7. The summed E-state index contributed by atoms with van der Waals surface area (Å²) in [7, 11) is 0. The van der Waals surface area contributed by atoms with Gasteiger partial charge in [0.1, 0.15) is 6.54 Å². The minimum Gasteiger partial charge on any atom is -0.368 e. The summed E-state index contributed by atoms with van der Waals surface area (Å²) >= 11 is 7.03. The molecule has 1 N–H and O–H groups in total. The number of thiophene rings is 1. The van der Waals surface area contributed by atoms with Crippen LogP contribution in [0.2, 0.25) is 4.34 Å². The third kappa shape index (κ3) is 4.59. The number of carbonyl (C=O) groups is 4. The zero-order valence-corrected chi connectivity index (χ0v) is 21.1. The largest absolute Gasteiger partial charge is 0.368 e. The molecule has 36 heavy (non-hydrogen) atoms. The van der Waals surface area contributed by atoms with E-state index in [1.807, 2.05) is 25.1 Å². The predicted octanol–water partition coefficient (Wildman–Crippen LogP) is 3.91. The van der Waals surface area contributed by atoms with Crippen LogP contribution in [0.15, 0.2) is 54.6 Å². The molecule has 0 atom stereocenters. The molecule has 0 unspecified atom stereocenters. The lowest BCUT2D eigenvalue weighted by Gasteiger charge is -2.36. The van der Waals surface area contributed by atoms with Crippen LogP contribution in [-0.2, 0) is 4.79 Å². The van der Waals surface area contributed by atoms with Gasteiger partial charge in [0.2, 0.25) is 5.91 Å². The van der Waals surface area contributed by atoms with E-state index < -0.39 is 17.7 Å². The van der Waals surface area contributed by atoms with Crippen molar-refractivity contribution in [1.82, 2.24) is 9.80 Å². The van der Waals surface area contributed by atoms with Crippen LogP contribution in [0.4, 0.5) is 11.4 Å². The Morgan fingerprint density at radius 1 is 0.972 bits per heavy atom. The Bertz CT molecular complexity index is 1380. The van der Waals surface area contributed by atoms with Crippen LogP contribution in [0.5, 0.6) is 0 Å². The summed E-state index contributed by atoms with van der Waals surface area (Å²) in [6.07, 6.45) is 0.